The lowest BCUT2D eigenvalue weighted by Crippen LogP contribution is -2.39. The Hall–Kier alpha value is -3.03. The molecule has 164 valence electrons. The summed E-state index contributed by atoms with van der Waals surface area (Å²) in [6, 6.07) is 7.72. The minimum absolute atomic E-state index is 0.452. The smallest absolute Gasteiger partial charge is 0.412 e. The number of aromatic nitrogens is 2. The molecule has 0 fully saturated rings. The topological polar surface area (TPSA) is 92.6 Å². The molecule has 0 bridgehead atoms. The summed E-state index contributed by atoms with van der Waals surface area (Å²) in [5.41, 5.74) is 2.50. The van der Waals surface area contributed by atoms with Gasteiger partial charge in [-0.3, -0.25) is 15.0 Å². The molecule has 8 nitrogen and oxygen atoms in total. The van der Waals surface area contributed by atoms with Gasteiger partial charge in [0.15, 0.2) is 5.96 Å². The van der Waals surface area contributed by atoms with Crippen molar-refractivity contribution in [2.45, 2.75) is 53.2 Å². The summed E-state index contributed by atoms with van der Waals surface area (Å²) in [7, 11) is 0. The van der Waals surface area contributed by atoms with Crippen LogP contribution in [0.2, 0.25) is 0 Å². The lowest BCUT2D eigenvalue weighted by atomic mass is 10.1. The van der Waals surface area contributed by atoms with Gasteiger partial charge in [0.2, 0.25) is 0 Å². The molecule has 1 aromatic heterocycles. The van der Waals surface area contributed by atoms with Crippen LogP contribution < -0.4 is 16.0 Å². The molecule has 2 aromatic rings. The molecule has 3 N–H and O–H groups in total. The van der Waals surface area contributed by atoms with E-state index in [4.69, 9.17) is 4.74 Å². The predicted octanol–water partition coefficient (Wildman–Crippen LogP) is 3.34. The van der Waals surface area contributed by atoms with Crippen LogP contribution in [0.3, 0.4) is 0 Å². The molecule has 0 atom stereocenters. The maximum Gasteiger partial charge on any atom is 0.412 e. The lowest BCUT2D eigenvalue weighted by Gasteiger charge is -2.19. The molecule has 0 aliphatic heterocycles. The van der Waals surface area contributed by atoms with Gasteiger partial charge in [-0.2, -0.15) is 5.10 Å². The van der Waals surface area contributed by atoms with Gasteiger partial charge in [-0.25, -0.2) is 4.79 Å². The Morgan fingerprint density at radius 2 is 1.93 bits per heavy atom. The fourth-order valence-corrected chi connectivity index (χ4v) is 2.69. The first-order valence-electron chi connectivity index (χ1n) is 10.4. The molecule has 2 rings (SSSR count). The Kier molecular flexibility index (Phi) is 8.70. The Morgan fingerprint density at radius 1 is 1.20 bits per heavy atom. The SMILES string of the molecule is CCNC(=NCCc1ccc(NC(=O)OC(C)(C)C)cc1)NCCn1cc(C)cn1. The zero-order chi connectivity index (χ0) is 22.0. The molecule has 0 aliphatic carbocycles. The number of ether oxygens (including phenoxy) is 1. The summed E-state index contributed by atoms with van der Waals surface area (Å²) >= 11 is 0. The van der Waals surface area contributed by atoms with E-state index in [1.54, 1.807) is 0 Å². The minimum Gasteiger partial charge on any atom is -0.444 e. The average molecular weight is 415 g/mol. The number of aryl methyl sites for hydroxylation is 1. The van der Waals surface area contributed by atoms with Crippen molar-refractivity contribution in [1.29, 1.82) is 0 Å². The van der Waals surface area contributed by atoms with E-state index in [9.17, 15) is 4.79 Å². The van der Waals surface area contributed by atoms with Crippen LogP contribution in [0.5, 0.6) is 0 Å². The van der Waals surface area contributed by atoms with E-state index >= 15 is 0 Å². The first-order chi connectivity index (χ1) is 14.2. The van der Waals surface area contributed by atoms with Gasteiger partial charge < -0.3 is 15.4 Å². The molecule has 0 unspecified atom stereocenters. The van der Waals surface area contributed by atoms with Gasteiger partial charge in [0.25, 0.3) is 0 Å². The van der Waals surface area contributed by atoms with Crippen molar-refractivity contribution >= 4 is 17.7 Å². The highest BCUT2D eigenvalue weighted by atomic mass is 16.6. The lowest BCUT2D eigenvalue weighted by molar-refractivity contribution is 0.0636. The van der Waals surface area contributed by atoms with Gasteiger partial charge in [0, 0.05) is 31.5 Å². The van der Waals surface area contributed by atoms with Crippen molar-refractivity contribution in [2.75, 3.05) is 25.0 Å². The van der Waals surface area contributed by atoms with E-state index in [1.165, 1.54) is 0 Å². The number of guanidine groups is 1. The quantitative estimate of drug-likeness (QED) is 0.455. The van der Waals surface area contributed by atoms with Crippen molar-refractivity contribution in [1.82, 2.24) is 20.4 Å². The highest BCUT2D eigenvalue weighted by molar-refractivity contribution is 5.84. The fourth-order valence-electron chi connectivity index (χ4n) is 2.69. The second kappa shape index (κ2) is 11.2. The molecule has 8 heteroatoms. The first kappa shape index (κ1) is 23.3. The Morgan fingerprint density at radius 3 is 2.53 bits per heavy atom. The van der Waals surface area contributed by atoms with Crippen LogP contribution in [-0.2, 0) is 17.7 Å². The van der Waals surface area contributed by atoms with Crippen molar-refractivity contribution < 1.29 is 9.53 Å². The summed E-state index contributed by atoms with van der Waals surface area (Å²) < 4.78 is 7.18. The highest BCUT2D eigenvalue weighted by Crippen LogP contribution is 2.13. The number of carbonyl (C=O) groups is 1. The predicted molar refractivity (Wildman–Crippen MR) is 121 cm³/mol. The summed E-state index contributed by atoms with van der Waals surface area (Å²) in [5.74, 6) is 0.796. The van der Waals surface area contributed by atoms with E-state index < -0.39 is 11.7 Å². The summed E-state index contributed by atoms with van der Waals surface area (Å²) in [6.45, 7) is 12.6. The van der Waals surface area contributed by atoms with Crippen LogP contribution in [0.15, 0.2) is 41.7 Å². The molecule has 1 amide bonds. The molecular formula is C22H34N6O2. The second-order valence-corrected chi connectivity index (χ2v) is 8.04. The normalized spacial score (nSPS) is 11.8. The monoisotopic (exact) mass is 414 g/mol. The molecule has 0 saturated heterocycles. The van der Waals surface area contributed by atoms with Crippen LogP contribution in [0.1, 0.15) is 38.8 Å². The van der Waals surface area contributed by atoms with E-state index in [0.717, 1.165) is 43.1 Å². The number of aliphatic imine (C=N–C) groups is 1. The van der Waals surface area contributed by atoms with Crippen LogP contribution in [0.25, 0.3) is 0 Å². The van der Waals surface area contributed by atoms with Gasteiger partial charge in [0.05, 0.1) is 12.7 Å². The summed E-state index contributed by atoms with van der Waals surface area (Å²) in [4.78, 5) is 16.5. The number of hydrogen-bond acceptors (Lipinski definition) is 4. The second-order valence-electron chi connectivity index (χ2n) is 8.04. The van der Waals surface area contributed by atoms with Gasteiger partial charge in [-0.15, -0.1) is 0 Å². The number of hydrogen-bond donors (Lipinski definition) is 3. The van der Waals surface area contributed by atoms with E-state index in [2.05, 4.69) is 26.0 Å². The zero-order valence-electron chi connectivity index (χ0n) is 18.7. The summed E-state index contributed by atoms with van der Waals surface area (Å²) in [5, 5.41) is 13.6. The van der Waals surface area contributed by atoms with Gasteiger partial charge >= 0.3 is 6.09 Å². The van der Waals surface area contributed by atoms with Crippen LogP contribution >= 0.6 is 0 Å². The van der Waals surface area contributed by atoms with Crippen LogP contribution in [0, 0.1) is 6.92 Å². The number of nitrogens with one attached hydrogen (secondary N) is 3. The molecule has 0 spiro atoms. The Labute approximate surface area is 179 Å². The van der Waals surface area contributed by atoms with Crippen molar-refractivity contribution in [3.05, 3.63) is 47.8 Å². The Bertz CT molecular complexity index is 821. The molecule has 0 radical (unpaired) electrons. The van der Waals surface area contributed by atoms with E-state index in [0.29, 0.717) is 12.2 Å². The van der Waals surface area contributed by atoms with Gasteiger partial charge in [0.1, 0.15) is 5.60 Å². The number of carbonyl (C=O) groups excluding carboxylic acids is 1. The first-order valence-corrected chi connectivity index (χ1v) is 10.4. The number of anilines is 1. The largest absolute Gasteiger partial charge is 0.444 e. The molecule has 1 aromatic carbocycles. The number of rotatable bonds is 8. The van der Waals surface area contributed by atoms with Crippen molar-refractivity contribution in [3.63, 3.8) is 0 Å². The standard InChI is InChI=1S/C22H34N6O2/c1-6-23-20(25-13-14-28-16-17(2)15-26-28)24-12-11-18-7-9-19(10-8-18)27-21(29)30-22(3,4)5/h7-10,15-16H,6,11-14H2,1-5H3,(H,27,29)(H2,23,24,25). The molecule has 0 aliphatic rings. The minimum atomic E-state index is -0.516. The molecule has 0 saturated carbocycles. The average Bonchev–Trinajstić information content (AvgIpc) is 3.07. The maximum atomic E-state index is 11.8. The highest BCUT2D eigenvalue weighted by Gasteiger charge is 2.16. The van der Waals surface area contributed by atoms with Crippen LogP contribution in [0.4, 0.5) is 10.5 Å². The number of amides is 1. The zero-order valence-corrected chi connectivity index (χ0v) is 18.7. The molecule has 1 heterocycles. The molecular weight excluding hydrogens is 380 g/mol. The fraction of sp³-hybridized carbons (Fsp3) is 0.500. The summed E-state index contributed by atoms with van der Waals surface area (Å²) in [6.07, 6.45) is 4.23. The Balaban J connectivity index is 1.78. The van der Waals surface area contributed by atoms with Crippen molar-refractivity contribution in [3.8, 4) is 0 Å². The van der Waals surface area contributed by atoms with Crippen molar-refractivity contribution in [2.24, 2.45) is 4.99 Å². The number of benzene rings is 1. The van der Waals surface area contributed by atoms with E-state index in [-0.39, 0.29) is 0 Å². The van der Waals surface area contributed by atoms with Gasteiger partial charge in [-0.1, -0.05) is 12.1 Å². The van der Waals surface area contributed by atoms with Gasteiger partial charge in [-0.05, 0) is 64.3 Å². The maximum absolute atomic E-state index is 11.8. The van der Waals surface area contributed by atoms with E-state index in [1.807, 2.05) is 76.0 Å². The third-order valence-corrected chi connectivity index (χ3v) is 4.01. The third-order valence-electron chi connectivity index (χ3n) is 4.01. The number of nitrogens with zero attached hydrogens (tertiary/aromatic N) is 3. The third kappa shape index (κ3) is 8.98. The molecule has 30 heavy (non-hydrogen) atoms. The van der Waals surface area contributed by atoms with Crippen LogP contribution in [-0.4, -0.2) is 47.1 Å².